The van der Waals surface area contributed by atoms with Crippen LogP contribution in [-0.4, -0.2) is 43.8 Å². The van der Waals surface area contributed by atoms with E-state index in [0.29, 0.717) is 6.61 Å². The van der Waals surface area contributed by atoms with Crippen LogP contribution in [0.25, 0.3) is 0 Å². The van der Waals surface area contributed by atoms with Crippen molar-refractivity contribution in [3.05, 3.63) is 0 Å². The number of carbonyl (C=O) groups excluding carboxylic acids is 2. The smallest absolute Gasteiger partial charge is 0.409 e. The zero-order valence-corrected chi connectivity index (χ0v) is 10.8. The molecule has 5 nitrogen and oxygen atoms in total. The van der Waals surface area contributed by atoms with Crippen LogP contribution in [0.1, 0.15) is 32.6 Å². The van der Waals surface area contributed by atoms with E-state index in [9.17, 15) is 9.59 Å². The number of rotatable bonds is 3. The Hall–Kier alpha value is -1.26. The zero-order chi connectivity index (χ0) is 12.8. The third kappa shape index (κ3) is 3.61. The molecule has 0 radical (unpaired) electrons. The largest absolute Gasteiger partial charge is 0.466 e. The molecule has 0 bridgehead atoms. The first-order chi connectivity index (χ1) is 8.10. The fourth-order valence-electron chi connectivity index (χ4n) is 2.25. The van der Waals surface area contributed by atoms with Gasteiger partial charge in [-0.05, 0) is 32.6 Å². The molecule has 0 aliphatic heterocycles. The quantitative estimate of drug-likeness (QED) is 0.709. The van der Waals surface area contributed by atoms with Crippen molar-refractivity contribution in [2.45, 2.75) is 38.6 Å². The van der Waals surface area contributed by atoms with Gasteiger partial charge >= 0.3 is 12.1 Å². The van der Waals surface area contributed by atoms with E-state index >= 15 is 0 Å². The van der Waals surface area contributed by atoms with Crippen molar-refractivity contribution in [3.63, 3.8) is 0 Å². The number of carbonyl (C=O) groups is 2. The molecule has 0 heterocycles. The standard InChI is InChI=1S/C12H21NO4/c1-4-17-11(14)9-5-7-10(8-6-9)13(2)12(15)16-3/h9-10H,4-8H2,1-3H3. The Morgan fingerprint density at radius 1 is 1.24 bits per heavy atom. The molecule has 0 atom stereocenters. The molecule has 5 heteroatoms. The summed E-state index contributed by atoms with van der Waals surface area (Å²) in [7, 11) is 3.12. The monoisotopic (exact) mass is 243 g/mol. The summed E-state index contributed by atoms with van der Waals surface area (Å²) in [6.07, 6.45) is 2.91. The molecule has 0 aromatic rings. The van der Waals surface area contributed by atoms with Crippen molar-refractivity contribution in [2.24, 2.45) is 5.92 Å². The van der Waals surface area contributed by atoms with Gasteiger partial charge in [-0.1, -0.05) is 0 Å². The number of hydrogen-bond acceptors (Lipinski definition) is 4. The molecule has 0 spiro atoms. The molecule has 17 heavy (non-hydrogen) atoms. The van der Waals surface area contributed by atoms with E-state index < -0.39 is 0 Å². The molecule has 1 amide bonds. The summed E-state index contributed by atoms with van der Waals surface area (Å²) in [5, 5.41) is 0. The zero-order valence-electron chi connectivity index (χ0n) is 10.8. The van der Waals surface area contributed by atoms with Crippen LogP contribution < -0.4 is 0 Å². The van der Waals surface area contributed by atoms with Gasteiger partial charge in [0, 0.05) is 13.1 Å². The van der Waals surface area contributed by atoms with Crippen LogP contribution in [0.3, 0.4) is 0 Å². The summed E-state index contributed by atoms with van der Waals surface area (Å²) in [6, 6.07) is 0.174. The molecule has 0 saturated heterocycles. The normalized spacial score (nSPS) is 23.9. The first-order valence-electron chi connectivity index (χ1n) is 6.07. The van der Waals surface area contributed by atoms with Crippen LogP contribution in [0.4, 0.5) is 4.79 Å². The van der Waals surface area contributed by atoms with E-state index in [1.54, 1.807) is 11.9 Å². The molecule has 0 aromatic carbocycles. The van der Waals surface area contributed by atoms with Crippen molar-refractivity contribution in [2.75, 3.05) is 20.8 Å². The van der Waals surface area contributed by atoms with Crippen molar-refractivity contribution in [3.8, 4) is 0 Å². The number of hydrogen-bond donors (Lipinski definition) is 0. The fourth-order valence-corrected chi connectivity index (χ4v) is 2.25. The lowest BCUT2D eigenvalue weighted by atomic mass is 9.85. The van der Waals surface area contributed by atoms with Crippen LogP contribution in [0.2, 0.25) is 0 Å². The van der Waals surface area contributed by atoms with Crippen molar-refractivity contribution >= 4 is 12.1 Å². The Morgan fingerprint density at radius 3 is 2.29 bits per heavy atom. The lowest BCUT2D eigenvalue weighted by molar-refractivity contribution is -0.149. The Kier molecular flexibility index (Phi) is 5.25. The first kappa shape index (κ1) is 13.8. The molecule has 0 aromatic heterocycles. The Bertz CT molecular complexity index is 272. The minimum atomic E-state index is -0.315. The maximum Gasteiger partial charge on any atom is 0.409 e. The molecular formula is C12H21NO4. The minimum absolute atomic E-state index is 0.00255. The molecule has 1 aliphatic rings. The van der Waals surface area contributed by atoms with Crippen LogP contribution in [0, 0.1) is 5.92 Å². The summed E-state index contributed by atoms with van der Waals surface area (Å²) < 4.78 is 9.67. The molecular weight excluding hydrogens is 222 g/mol. The molecule has 0 N–H and O–H groups in total. The third-order valence-corrected chi connectivity index (χ3v) is 3.33. The Labute approximate surface area is 102 Å². The highest BCUT2D eigenvalue weighted by Gasteiger charge is 2.30. The van der Waals surface area contributed by atoms with Gasteiger partial charge < -0.3 is 14.4 Å². The van der Waals surface area contributed by atoms with Crippen LogP contribution >= 0.6 is 0 Å². The highest BCUT2D eigenvalue weighted by Crippen LogP contribution is 2.28. The van der Waals surface area contributed by atoms with Crippen molar-refractivity contribution < 1.29 is 19.1 Å². The van der Waals surface area contributed by atoms with E-state index in [-0.39, 0.29) is 24.0 Å². The van der Waals surface area contributed by atoms with E-state index in [1.807, 2.05) is 6.92 Å². The van der Waals surface area contributed by atoms with Gasteiger partial charge in [-0.15, -0.1) is 0 Å². The van der Waals surface area contributed by atoms with Gasteiger partial charge in [0.2, 0.25) is 0 Å². The van der Waals surface area contributed by atoms with E-state index in [1.165, 1.54) is 7.11 Å². The first-order valence-corrected chi connectivity index (χ1v) is 6.07. The third-order valence-electron chi connectivity index (χ3n) is 3.33. The highest BCUT2D eigenvalue weighted by molar-refractivity contribution is 5.72. The second kappa shape index (κ2) is 6.47. The lowest BCUT2D eigenvalue weighted by Crippen LogP contribution is -2.40. The molecule has 98 valence electrons. The van der Waals surface area contributed by atoms with Gasteiger partial charge in [0.25, 0.3) is 0 Å². The van der Waals surface area contributed by atoms with Crippen LogP contribution in [-0.2, 0) is 14.3 Å². The molecule has 1 aliphatic carbocycles. The van der Waals surface area contributed by atoms with Crippen molar-refractivity contribution in [1.29, 1.82) is 0 Å². The molecule has 0 unspecified atom stereocenters. The van der Waals surface area contributed by atoms with Crippen molar-refractivity contribution in [1.82, 2.24) is 4.90 Å². The number of esters is 1. The highest BCUT2D eigenvalue weighted by atomic mass is 16.5. The fraction of sp³-hybridized carbons (Fsp3) is 0.833. The predicted octanol–water partition coefficient (Wildman–Crippen LogP) is 1.81. The summed E-state index contributed by atoms with van der Waals surface area (Å²) in [4.78, 5) is 24.5. The van der Waals surface area contributed by atoms with Crippen LogP contribution in [0.15, 0.2) is 0 Å². The topological polar surface area (TPSA) is 55.8 Å². The summed E-state index contributed by atoms with van der Waals surface area (Å²) in [6.45, 7) is 2.25. The molecule has 1 saturated carbocycles. The second-order valence-electron chi connectivity index (χ2n) is 4.34. The lowest BCUT2D eigenvalue weighted by Gasteiger charge is -2.32. The average molecular weight is 243 g/mol. The summed E-state index contributed by atoms with van der Waals surface area (Å²) in [5.41, 5.74) is 0. The molecule has 1 fully saturated rings. The summed E-state index contributed by atoms with van der Waals surface area (Å²) >= 11 is 0. The van der Waals surface area contributed by atoms with E-state index in [0.717, 1.165) is 25.7 Å². The number of methoxy groups -OCH3 is 1. The Morgan fingerprint density at radius 2 is 1.82 bits per heavy atom. The minimum Gasteiger partial charge on any atom is -0.466 e. The van der Waals surface area contributed by atoms with E-state index in [4.69, 9.17) is 4.74 Å². The van der Waals surface area contributed by atoms with Crippen LogP contribution in [0.5, 0.6) is 0 Å². The molecule has 1 rings (SSSR count). The maximum absolute atomic E-state index is 11.5. The second-order valence-corrected chi connectivity index (χ2v) is 4.34. The van der Waals surface area contributed by atoms with Gasteiger partial charge in [0.15, 0.2) is 0 Å². The summed E-state index contributed by atoms with van der Waals surface area (Å²) in [5.74, 6) is -0.107. The number of amides is 1. The predicted molar refractivity (Wildman–Crippen MR) is 62.5 cm³/mol. The van der Waals surface area contributed by atoms with Gasteiger partial charge in [0.05, 0.1) is 19.6 Å². The van der Waals surface area contributed by atoms with Gasteiger partial charge in [-0.3, -0.25) is 4.79 Å². The number of nitrogens with zero attached hydrogens (tertiary/aromatic N) is 1. The van der Waals surface area contributed by atoms with E-state index in [2.05, 4.69) is 4.74 Å². The average Bonchev–Trinajstić information content (AvgIpc) is 2.37. The van der Waals surface area contributed by atoms with Gasteiger partial charge in [-0.25, -0.2) is 4.79 Å². The SMILES string of the molecule is CCOC(=O)C1CCC(N(C)C(=O)OC)CC1. The van der Waals surface area contributed by atoms with Gasteiger partial charge in [-0.2, -0.15) is 0 Å². The Balaban J connectivity index is 2.40. The maximum atomic E-state index is 11.5. The number of ether oxygens (including phenoxy) is 2. The van der Waals surface area contributed by atoms with Gasteiger partial charge in [0.1, 0.15) is 0 Å².